The van der Waals surface area contributed by atoms with Crippen LogP contribution in [-0.2, 0) is 32.7 Å². The van der Waals surface area contributed by atoms with Crippen molar-refractivity contribution in [2.24, 2.45) is 5.10 Å². The Kier molecular flexibility index (Phi) is 10.1. The largest absolute Gasteiger partial charge is 0.459 e. The Morgan fingerprint density at radius 2 is 1.56 bits per heavy atom. The molecule has 4 rings (SSSR count). The van der Waals surface area contributed by atoms with Crippen LogP contribution >= 0.6 is 46.4 Å². The summed E-state index contributed by atoms with van der Waals surface area (Å²) < 4.78 is 34.0. The van der Waals surface area contributed by atoms with E-state index < -0.39 is 21.8 Å². The minimum atomic E-state index is -4.00. The van der Waals surface area contributed by atoms with Crippen molar-refractivity contribution in [3.63, 3.8) is 0 Å². The first kappa shape index (κ1) is 30.6. The van der Waals surface area contributed by atoms with Gasteiger partial charge in [0.15, 0.2) is 0 Å². The molecular weight excluding hydrogens is 634 g/mol. The standard InChI is InChI=1S/C27H20Cl4N4O5S/c28-18-6-10-21(11-7-18)41(38,39)35(15-17-5-12-22(29)24(31)13-17)16-20-9-8-19(40-20)14-32-34-27(37)26(36)33-25-4-2-1-3-23(25)30/h1-14H,15-16H2,(H,33,36)(H,34,37)/b32-14+. The highest BCUT2D eigenvalue weighted by molar-refractivity contribution is 7.89. The summed E-state index contributed by atoms with van der Waals surface area (Å²) in [5, 5.41) is 7.39. The number of hydrogen-bond acceptors (Lipinski definition) is 6. The lowest BCUT2D eigenvalue weighted by Crippen LogP contribution is -2.32. The molecule has 0 saturated carbocycles. The van der Waals surface area contributed by atoms with Crippen LogP contribution in [0.4, 0.5) is 5.69 Å². The normalized spacial score (nSPS) is 11.6. The number of anilines is 1. The monoisotopic (exact) mass is 652 g/mol. The number of halogens is 4. The first-order valence-corrected chi connectivity index (χ1v) is 14.7. The van der Waals surface area contributed by atoms with E-state index in [1.165, 1.54) is 40.9 Å². The Morgan fingerprint density at radius 1 is 0.829 bits per heavy atom. The van der Waals surface area contributed by atoms with Crippen molar-refractivity contribution < 1.29 is 22.4 Å². The Hall–Kier alpha value is -3.38. The minimum absolute atomic E-state index is 0.0353. The van der Waals surface area contributed by atoms with Gasteiger partial charge in [0.05, 0.1) is 38.4 Å². The number of sulfonamides is 1. The van der Waals surface area contributed by atoms with E-state index in [1.54, 1.807) is 48.5 Å². The van der Waals surface area contributed by atoms with Crippen LogP contribution in [0, 0.1) is 0 Å². The van der Waals surface area contributed by atoms with E-state index in [4.69, 9.17) is 50.8 Å². The maximum atomic E-state index is 13.5. The van der Waals surface area contributed by atoms with Crippen molar-refractivity contribution in [1.82, 2.24) is 9.73 Å². The molecular formula is C27H20Cl4N4O5S. The third kappa shape index (κ3) is 8.10. The number of carbonyl (C=O) groups is 2. The summed E-state index contributed by atoms with van der Waals surface area (Å²) in [6.45, 7) is -0.186. The quantitative estimate of drug-likeness (QED) is 0.123. The topological polar surface area (TPSA) is 121 Å². The number of rotatable bonds is 9. The van der Waals surface area contributed by atoms with Gasteiger partial charge in [-0.15, -0.1) is 0 Å². The third-order valence-electron chi connectivity index (χ3n) is 5.50. The van der Waals surface area contributed by atoms with Gasteiger partial charge in [0.25, 0.3) is 0 Å². The molecule has 0 unspecified atom stereocenters. The summed E-state index contributed by atoms with van der Waals surface area (Å²) in [5.74, 6) is -1.52. The first-order valence-electron chi connectivity index (χ1n) is 11.7. The second kappa shape index (κ2) is 13.5. The van der Waals surface area contributed by atoms with E-state index in [0.29, 0.717) is 15.6 Å². The highest BCUT2D eigenvalue weighted by atomic mass is 35.5. The number of furan rings is 1. The average molecular weight is 654 g/mol. The molecule has 3 aromatic carbocycles. The molecule has 1 heterocycles. The molecule has 0 aliphatic carbocycles. The van der Waals surface area contributed by atoms with Gasteiger partial charge in [0.1, 0.15) is 11.5 Å². The van der Waals surface area contributed by atoms with Crippen LogP contribution in [0.15, 0.2) is 93.3 Å². The molecule has 14 heteroatoms. The molecule has 0 spiro atoms. The van der Waals surface area contributed by atoms with Crippen LogP contribution in [0.5, 0.6) is 0 Å². The Bertz CT molecular complexity index is 1710. The van der Waals surface area contributed by atoms with Crippen molar-refractivity contribution >= 4 is 80.1 Å². The number of hydrazone groups is 1. The van der Waals surface area contributed by atoms with Crippen LogP contribution in [0.25, 0.3) is 0 Å². The predicted octanol–water partition coefficient (Wildman–Crippen LogP) is 6.37. The Labute approximate surface area is 255 Å². The number of carbonyl (C=O) groups excluding carboxylic acids is 2. The van der Waals surface area contributed by atoms with Crippen molar-refractivity contribution in [2.45, 2.75) is 18.0 Å². The first-order chi connectivity index (χ1) is 19.5. The lowest BCUT2D eigenvalue weighted by Gasteiger charge is -2.22. The molecule has 0 atom stereocenters. The van der Waals surface area contributed by atoms with Gasteiger partial charge in [0.2, 0.25) is 10.0 Å². The average Bonchev–Trinajstić information content (AvgIpc) is 3.39. The number of hydrogen-bond donors (Lipinski definition) is 2. The molecule has 0 aliphatic heterocycles. The van der Waals surface area contributed by atoms with Gasteiger partial charge in [0, 0.05) is 11.6 Å². The summed E-state index contributed by atoms with van der Waals surface area (Å²) in [7, 11) is -4.00. The van der Waals surface area contributed by atoms with E-state index in [1.807, 2.05) is 0 Å². The van der Waals surface area contributed by atoms with Crippen LogP contribution in [0.2, 0.25) is 20.1 Å². The lowest BCUT2D eigenvalue weighted by atomic mass is 10.2. The van der Waals surface area contributed by atoms with Gasteiger partial charge < -0.3 is 9.73 Å². The summed E-state index contributed by atoms with van der Waals surface area (Å²) in [6, 6.07) is 20.1. The molecule has 9 nitrogen and oxygen atoms in total. The summed E-state index contributed by atoms with van der Waals surface area (Å²) in [4.78, 5) is 24.2. The zero-order valence-electron chi connectivity index (χ0n) is 20.9. The number of amides is 2. The van der Waals surface area contributed by atoms with Crippen LogP contribution in [0.1, 0.15) is 17.1 Å². The molecule has 0 aliphatic rings. The molecule has 0 fully saturated rings. The van der Waals surface area contributed by atoms with E-state index in [2.05, 4.69) is 15.8 Å². The zero-order chi connectivity index (χ0) is 29.6. The van der Waals surface area contributed by atoms with Gasteiger partial charge in [-0.3, -0.25) is 9.59 Å². The van der Waals surface area contributed by atoms with Gasteiger partial charge >= 0.3 is 11.8 Å². The van der Waals surface area contributed by atoms with Gasteiger partial charge in [-0.05, 0) is 66.2 Å². The SMILES string of the molecule is O=C(N/N=C/c1ccc(CN(Cc2ccc(Cl)c(Cl)c2)S(=O)(=O)c2ccc(Cl)cc2)o1)C(=O)Nc1ccccc1Cl. The molecule has 2 N–H and O–H groups in total. The second-order valence-corrected chi connectivity index (χ2v) is 12.0. The van der Waals surface area contributed by atoms with Gasteiger partial charge in [-0.1, -0.05) is 64.6 Å². The van der Waals surface area contributed by atoms with Crippen LogP contribution in [0.3, 0.4) is 0 Å². The van der Waals surface area contributed by atoms with Gasteiger partial charge in [-0.2, -0.15) is 9.41 Å². The number of nitrogens with one attached hydrogen (secondary N) is 2. The predicted molar refractivity (Wildman–Crippen MR) is 159 cm³/mol. The van der Waals surface area contributed by atoms with Crippen molar-refractivity contribution in [1.29, 1.82) is 0 Å². The zero-order valence-corrected chi connectivity index (χ0v) is 24.7. The number of para-hydroxylation sites is 1. The maximum Gasteiger partial charge on any atom is 0.329 e. The molecule has 41 heavy (non-hydrogen) atoms. The fraction of sp³-hybridized carbons (Fsp3) is 0.0741. The van der Waals surface area contributed by atoms with Crippen LogP contribution in [-0.4, -0.2) is 30.8 Å². The molecule has 212 valence electrons. The molecule has 1 aromatic heterocycles. The Balaban J connectivity index is 1.47. The maximum absolute atomic E-state index is 13.5. The smallest absolute Gasteiger partial charge is 0.329 e. The third-order valence-corrected chi connectivity index (χ3v) is 8.62. The molecule has 0 bridgehead atoms. The van der Waals surface area contributed by atoms with Crippen molar-refractivity contribution in [2.75, 3.05) is 5.32 Å². The fourth-order valence-electron chi connectivity index (χ4n) is 3.49. The fourth-order valence-corrected chi connectivity index (χ4v) is 5.52. The molecule has 2 amide bonds. The lowest BCUT2D eigenvalue weighted by molar-refractivity contribution is -0.136. The Morgan fingerprint density at radius 3 is 2.27 bits per heavy atom. The van der Waals surface area contributed by atoms with Crippen molar-refractivity contribution in [3.05, 3.63) is 116 Å². The van der Waals surface area contributed by atoms with E-state index in [0.717, 1.165) is 0 Å². The molecule has 0 radical (unpaired) electrons. The number of benzene rings is 3. The second-order valence-electron chi connectivity index (χ2n) is 8.41. The summed E-state index contributed by atoms with van der Waals surface area (Å²) >= 11 is 24.1. The van der Waals surface area contributed by atoms with E-state index in [9.17, 15) is 18.0 Å². The molecule has 4 aromatic rings. The minimum Gasteiger partial charge on any atom is -0.459 e. The van der Waals surface area contributed by atoms with Gasteiger partial charge in [-0.25, -0.2) is 13.8 Å². The summed E-state index contributed by atoms with van der Waals surface area (Å²) in [6.07, 6.45) is 1.17. The van der Waals surface area contributed by atoms with Crippen LogP contribution < -0.4 is 10.7 Å². The van der Waals surface area contributed by atoms with E-state index >= 15 is 0 Å². The van der Waals surface area contributed by atoms with Crippen molar-refractivity contribution in [3.8, 4) is 0 Å². The highest BCUT2D eigenvalue weighted by Crippen LogP contribution is 2.27. The van der Waals surface area contributed by atoms with E-state index in [-0.39, 0.29) is 45.2 Å². The summed E-state index contributed by atoms with van der Waals surface area (Å²) in [5.41, 5.74) is 2.96. The molecule has 0 saturated heterocycles. The highest BCUT2D eigenvalue weighted by Gasteiger charge is 2.26. The number of nitrogens with zero attached hydrogens (tertiary/aromatic N) is 2.